The summed E-state index contributed by atoms with van der Waals surface area (Å²) in [5.41, 5.74) is 1.09. The van der Waals surface area contributed by atoms with Gasteiger partial charge in [0.05, 0.1) is 25.9 Å². The highest BCUT2D eigenvalue weighted by molar-refractivity contribution is 5.78. The average Bonchev–Trinajstić information content (AvgIpc) is 2.47. The maximum Gasteiger partial charge on any atom is 0.313 e. The number of hydrogen-bond acceptors (Lipinski definition) is 4. The number of methoxy groups -OCH3 is 1. The minimum Gasteiger partial charge on any atom is -0.501 e. The van der Waals surface area contributed by atoms with E-state index in [4.69, 9.17) is 9.47 Å². The number of aromatic nitrogens is 1. The van der Waals surface area contributed by atoms with Crippen molar-refractivity contribution in [3.05, 3.63) is 40.0 Å². The van der Waals surface area contributed by atoms with Gasteiger partial charge in [-0.3, -0.25) is 9.59 Å². The lowest BCUT2D eigenvalue weighted by molar-refractivity contribution is -0.142. The fraction of sp³-hybridized carbons (Fsp3) is 0.529. The highest BCUT2D eigenvalue weighted by Crippen LogP contribution is 2.23. The molecule has 0 radical (unpaired) electrons. The third kappa shape index (κ3) is 4.76. The Bertz CT molecular complexity index is 587. The first-order chi connectivity index (χ1) is 10.4. The molecule has 22 heavy (non-hydrogen) atoms. The van der Waals surface area contributed by atoms with Crippen molar-refractivity contribution in [2.75, 3.05) is 13.7 Å². The Labute approximate surface area is 131 Å². The first-order valence-electron chi connectivity index (χ1n) is 7.47. The minimum absolute atomic E-state index is 0.176. The fourth-order valence-electron chi connectivity index (χ4n) is 2.29. The number of carbonyl (C=O) groups excluding carboxylic acids is 1. The molecule has 122 valence electrons. The third-order valence-electron chi connectivity index (χ3n) is 3.32. The van der Waals surface area contributed by atoms with Gasteiger partial charge >= 0.3 is 5.97 Å². The first-order valence-corrected chi connectivity index (χ1v) is 7.47. The van der Waals surface area contributed by atoms with Crippen LogP contribution in [0.25, 0.3) is 6.08 Å². The molecule has 0 aliphatic rings. The standard InChI is InChI=1S/C17H25NO4/c1-6-22-8-7-13-10-14(16(19)18(4)11-13)15(9-12(2)3)17(20)21-5/h7-8,10-12,15H,6,9H2,1-5H3. The van der Waals surface area contributed by atoms with Crippen LogP contribution in [0.4, 0.5) is 0 Å². The van der Waals surface area contributed by atoms with Crippen molar-refractivity contribution in [3.63, 3.8) is 0 Å². The van der Waals surface area contributed by atoms with E-state index in [-0.39, 0.29) is 17.4 Å². The van der Waals surface area contributed by atoms with E-state index in [1.54, 1.807) is 31.6 Å². The summed E-state index contributed by atoms with van der Waals surface area (Å²) in [4.78, 5) is 24.5. The number of aryl methyl sites for hydroxylation is 1. The average molecular weight is 307 g/mol. The van der Waals surface area contributed by atoms with Crippen molar-refractivity contribution in [1.82, 2.24) is 4.57 Å². The molecular formula is C17H25NO4. The summed E-state index contributed by atoms with van der Waals surface area (Å²) in [6.45, 7) is 6.50. The number of hydrogen-bond donors (Lipinski definition) is 0. The Hall–Kier alpha value is -2.04. The molecule has 1 atom stereocenters. The van der Waals surface area contributed by atoms with Crippen molar-refractivity contribution in [2.45, 2.75) is 33.1 Å². The van der Waals surface area contributed by atoms with Gasteiger partial charge in [0, 0.05) is 18.8 Å². The van der Waals surface area contributed by atoms with E-state index in [0.717, 1.165) is 5.56 Å². The molecule has 1 aromatic rings. The third-order valence-corrected chi connectivity index (χ3v) is 3.32. The lowest BCUT2D eigenvalue weighted by Crippen LogP contribution is -2.28. The molecule has 1 rings (SSSR count). The van der Waals surface area contributed by atoms with Crippen LogP contribution in [0.5, 0.6) is 0 Å². The minimum atomic E-state index is -0.552. The second kappa shape index (κ2) is 8.41. The van der Waals surface area contributed by atoms with Gasteiger partial charge in [0.2, 0.25) is 0 Å². The number of ether oxygens (including phenoxy) is 2. The fourth-order valence-corrected chi connectivity index (χ4v) is 2.29. The molecule has 0 aromatic carbocycles. The summed E-state index contributed by atoms with van der Waals surface area (Å²) in [5.74, 6) is -0.655. The molecule has 0 saturated carbocycles. The monoisotopic (exact) mass is 307 g/mol. The summed E-state index contributed by atoms with van der Waals surface area (Å²) in [5, 5.41) is 0. The van der Waals surface area contributed by atoms with Gasteiger partial charge in [-0.1, -0.05) is 13.8 Å². The molecule has 0 aliphatic carbocycles. The lowest BCUT2D eigenvalue weighted by Gasteiger charge is -2.17. The van der Waals surface area contributed by atoms with E-state index in [9.17, 15) is 9.59 Å². The van der Waals surface area contributed by atoms with Crippen LogP contribution in [0.2, 0.25) is 0 Å². The van der Waals surface area contributed by atoms with E-state index in [0.29, 0.717) is 18.6 Å². The molecule has 0 spiro atoms. The second-order valence-corrected chi connectivity index (χ2v) is 5.61. The molecule has 0 bridgehead atoms. The van der Waals surface area contributed by atoms with Crippen molar-refractivity contribution >= 4 is 12.0 Å². The van der Waals surface area contributed by atoms with Crippen LogP contribution in [0.15, 0.2) is 23.3 Å². The van der Waals surface area contributed by atoms with Gasteiger partial charge in [-0.25, -0.2) is 0 Å². The molecule has 1 heterocycles. The molecule has 5 heteroatoms. The number of nitrogens with zero attached hydrogens (tertiary/aromatic N) is 1. The quantitative estimate of drug-likeness (QED) is 0.574. The van der Waals surface area contributed by atoms with Crippen LogP contribution < -0.4 is 5.56 Å². The van der Waals surface area contributed by atoms with Crippen molar-refractivity contribution in [1.29, 1.82) is 0 Å². The summed E-state index contributed by atoms with van der Waals surface area (Å²) in [7, 11) is 3.02. The Morgan fingerprint density at radius 3 is 2.64 bits per heavy atom. The van der Waals surface area contributed by atoms with E-state index < -0.39 is 5.92 Å². The SMILES string of the molecule is CCOC=Cc1cc(C(CC(C)C)C(=O)OC)c(=O)n(C)c1. The number of carbonyl (C=O) groups is 1. The molecule has 0 amide bonds. The summed E-state index contributed by atoms with van der Waals surface area (Å²) in [6, 6.07) is 1.74. The summed E-state index contributed by atoms with van der Waals surface area (Å²) >= 11 is 0. The van der Waals surface area contributed by atoms with Crippen LogP contribution in [-0.2, 0) is 21.3 Å². The van der Waals surface area contributed by atoms with Gasteiger partial charge in [0.1, 0.15) is 0 Å². The molecule has 0 aliphatic heterocycles. The largest absolute Gasteiger partial charge is 0.501 e. The van der Waals surface area contributed by atoms with Crippen molar-refractivity contribution in [3.8, 4) is 0 Å². The first kappa shape index (κ1) is 18.0. The molecule has 1 unspecified atom stereocenters. The smallest absolute Gasteiger partial charge is 0.313 e. The van der Waals surface area contributed by atoms with Crippen LogP contribution in [0, 0.1) is 5.92 Å². The number of pyridine rings is 1. The summed E-state index contributed by atoms with van der Waals surface area (Å²) < 4.78 is 11.5. The van der Waals surface area contributed by atoms with Crippen LogP contribution in [-0.4, -0.2) is 24.3 Å². The van der Waals surface area contributed by atoms with Gasteiger partial charge in [-0.2, -0.15) is 0 Å². The van der Waals surface area contributed by atoms with Gasteiger partial charge in [0.15, 0.2) is 0 Å². The Morgan fingerprint density at radius 1 is 1.41 bits per heavy atom. The van der Waals surface area contributed by atoms with Crippen LogP contribution >= 0.6 is 0 Å². The van der Waals surface area contributed by atoms with E-state index >= 15 is 0 Å². The topological polar surface area (TPSA) is 57.5 Å². The van der Waals surface area contributed by atoms with Crippen molar-refractivity contribution in [2.24, 2.45) is 13.0 Å². The lowest BCUT2D eigenvalue weighted by atomic mass is 9.90. The van der Waals surface area contributed by atoms with Gasteiger partial charge in [-0.15, -0.1) is 0 Å². The Balaban J connectivity index is 3.29. The predicted octanol–water partition coefficient (Wildman–Crippen LogP) is 2.70. The molecule has 1 aromatic heterocycles. The van der Waals surface area contributed by atoms with Crippen molar-refractivity contribution < 1.29 is 14.3 Å². The molecular weight excluding hydrogens is 282 g/mol. The second-order valence-electron chi connectivity index (χ2n) is 5.61. The van der Waals surface area contributed by atoms with Crippen LogP contribution in [0.1, 0.15) is 44.2 Å². The maximum absolute atomic E-state index is 12.4. The van der Waals surface area contributed by atoms with E-state index in [1.165, 1.54) is 11.7 Å². The highest BCUT2D eigenvalue weighted by atomic mass is 16.5. The zero-order valence-corrected chi connectivity index (χ0v) is 14.0. The van der Waals surface area contributed by atoms with E-state index in [1.807, 2.05) is 20.8 Å². The van der Waals surface area contributed by atoms with Gasteiger partial charge in [0.25, 0.3) is 5.56 Å². The predicted molar refractivity (Wildman–Crippen MR) is 86.6 cm³/mol. The Morgan fingerprint density at radius 2 is 2.09 bits per heavy atom. The highest BCUT2D eigenvalue weighted by Gasteiger charge is 2.26. The van der Waals surface area contributed by atoms with E-state index in [2.05, 4.69) is 0 Å². The number of rotatable bonds is 7. The maximum atomic E-state index is 12.4. The zero-order chi connectivity index (χ0) is 16.7. The molecule has 0 N–H and O–H groups in total. The zero-order valence-electron chi connectivity index (χ0n) is 14.0. The Kier molecular flexibility index (Phi) is 6.89. The molecule has 0 fully saturated rings. The van der Waals surface area contributed by atoms with Crippen LogP contribution in [0.3, 0.4) is 0 Å². The summed E-state index contributed by atoms with van der Waals surface area (Å²) in [6.07, 6.45) is 5.64. The molecule has 5 nitrogen and oxygen atoms in total. The van der Waals surface area contributed by atoms with Gasteiger partial charge < -0.3 is 14.0 Å². The normalized spacial score (nSPS) is 12.6. The molecule has 0 saturated heterocycles. The number of esters is 1. The van der Waals surface area contributed by atoms with Gasteiger partial charge in [-0.05, 0) is 37.0 Å².